The summed E-state index contributed by atoms with van der Waals surface area (Å²) in [7, 11) is 0. The third-order valence-corrected chi connectivity index (χ3v) is 6.13. The highest BCUT2D eigenvalue weighted by Gasteiger charge is 2.21. The molecular formula is C27H28N4O3. The molecular weight excluding hydrogens is 428 g/mol. The molecule has 1 aromatic heterocycles. The predicted molar refractivity (Wildman–Crippen MR) is 132 cm³/mol. The minimum atomic E-state index is -0.763. The van der Waals surface area contributed by atoms with Crippen LogP contribution in [0.4, 0.5) is 5.69 Å². The number of carbonyl (C=O) groups excluding carboxylic acids is 1. The van der Waals surface area contributed by atoms with Gasteiger partial charge >= 0.3 is 5.97 Å². The number of anilines is 1. The van der Waals surface area contributed by atoms with E-state index in [2.05, 4.69) is 15.3 Å². The number of hydrogen-bond donors (Lipinski definition) is 3. The van der Waals surface area contributed by atoms with Crippen molar-refractivity contribution in [3.8, 4) is 0 Å². The van der Waals surface area contributed by atoms with Gasteiger partial charge in [0.2, 0.25) is 0 Å². The number of nitrogens with one attached hydrogen (secondary N) is 1. The lowest BCUT2D eigenvalue weighted by atomic mass is 9.82. The average Bonchev–Trinajstić information content (AvgIpc) is 2.84. The molecule has 1 amide bonds. The van der Waals surface area contributed by atoms with Crippen LogP contribution in [0.15, 0.2) is 72.0 Å². The number of fused-ring (bicyclic) bond motifs is 1. The molecule has 0 fully saturated rings. The molecule has 7 nitrogen and oxygen atoms in total. The fraction of sp³-hybridized carbons (Fsp3) is 0.259. The maximum Gasteiger partial charge on any atom is 0.303 e. The van der Waals surface area contributed by atoms with E-state index in [0.29, 0.717) is 23.6 Å². The number of amides is 1. The quantitative estimate of drug-likeness (QED) is 0.351. The van der Waals surface area contributed by atoms with Crippen LogP contribution in [-0.2, 0) is 24.1 Å². The van der Waals surface area contributed by atoms with Crippen molar-refractivity contribution in [2.45, 2.75) is 32.1 Å². The molecule has 0 saturated heterocycles. The molecule has 3 aromatic rings. The number of rotatable bonds is 8. The van der Waals surface area contributed by atoms with E-state index >= 15 is 0 Å². The lowest BCUT2D eigenvalue weighted by Gasteiger charge is -2.24. The highest BCUT2D eigenvalue weighted by atomic mass is 16.4. The van der Waals surface area contributed by atoms with Crippen molar-refractivity contribution >= 4 is 23.4 Å². The van der Waals surface area contributed by atoms with Crippen molar-refractivity contribution < 1.29 is 14.7 Å². The van der Waals surface area contributed by atoms with Crippen LogP contribution in [0.1, 0.15) is 45.5 Å². The van der Waals surface area contributed by atoms with Crippen LogP contribution in [-0.4, -0.2) is 34.3 Å². The van der Waals surface area contributed by atoms with Gasteiger partial charge in [0, 0.05) is 42.2 Å². The van der Waals surface area contributed by atoms with Gasteiger partial charge in [-0.05, 0) is 84.7 Å². The van der Waals surface area contributed by atoms with E-state index in [4.69, 9.17) is 10.8 Å². The summed E-state index contributed by atoms with van der Waals surface area (Å²) in [5.74, 6) is -0.398. The Bertz CT molecular complexity index is 1190. The van der Waals surface area contributed by atoms with Gasteiger partial charge < -0.3 is 16.2 Å². The van der Waals surface area contributed by atoms with Gasteiger partial charge in [-0.3, -0.25) is 19.6 Å². The number of aliphatic imine (C=N–C) groups is 1. The number of aromatic nitrogens is 1. The summed E-state index contributed by atoms with van der Waals surface area (Å²) in [6, 6.07) is 16.8. The molecule has 174 valence electrons. The lowest BCUT2D eigenvalue weighted by Crippen LogP contribution is -2.18. The Morgan fingerprint density at radius 2 is 1.76 bits per heavy atom. The van der Waals surface area contributed by atoms with E-state index in [1.807, 2.05) is 30.3 Å². The van der Waals surface area contributed by atoms with Crippen LogP contribution >= 0.6 is 0 Å². The van der Waals surface area contributed by atoms with Crippen LogP contribution in [0.2, 0.25) is 0 Å². The fourth-order valence-electron chi connectivity index (χ4n) is 4.27. The summed E-state index contributed by atoms with van der Waals surface area (Å²) >= 11 is 0. The van der Waals surface area contributed by atoms with E-state index in [1.54, 1.807) is 36.7 Å². The number of carboxylic acid groups (broad SMARTS) is 1. The minimum absolute atomic E-state index is 0.139. The van der Waals surface area contributed by atoms with Crippen LogP contribution in [0.3, 0.4) is 0 Å². The lowest BCUT2D eigenvalue weighted by molar-refractivity contribution is -0.138. The van der Waals surface area contributed by atoms with Gasteiger partial charge in [0.05, 0.1) is 0 Å². The van der Waals surface area contributed by atoms with Gasteiger partial charge in [0.25, 0.3) is 5.91 Å². The maximum absolute atomic E-state index is 12.7. The van der Waals surface area contributed by atoms with Crippen molar-refractivity contribution in [3.63, 3.8) is 0 Å². The smallest absolute Gasteiger partial charge is 0.303 e. The molecule has 0 aliphatic heterocycles. The van der Waals surface area contributed by atoms with Crippen LogP contribution < -0.4 is 11.1 Å². The number of hydrogen-bond acceptors (Lipinski definition) is 4. The van der Waals surface area contributed by atoms with Crippen LogP contribution in [0.5, 0.6) is 0 Å². The van der Waals surface area contributed by atoms with Crippen molar-refractivity contribution in [1.29, 1.82) is 0 Å². The van der Waals surface area contributed by atoms with E-state index in [-0.39, 0.29) is 18.2 Å². The Morgan fingerprint density at radius 3 is 2.50 bits per heavy atom. The van der Waals surface area contributed by atoms with Gasteiger partial charge in [0.15, 0.2) is 0 Å². The molecule has 0 saturated carbocycles. The number of aryl methyl sites for hydroxylation is 1. The number of nitrogens with two attached hydrogens (primary N) is 1. The molecule has 1 heterocycles. The first-order valence-electron chi connectivity index (χ1n) is 11.4. The number of nitrogens with zero attached hydrogens (tertiary/aromatic N) is 2. The highest BCUT2D eigenvalue weighted by molar-refractivity contribution is 6.05. The second-order valence-electron chi connectivity index (χ2n) is 8.59. The zero-order valence-corrected chi connectivity index (χ0v) is 18.9. The Balaban J connectivity index is 1.36. The van der Waals surface area contributed by atoms with Crippen molar-refractivity contribution in [2.75, 3.05) is 11.9 Å². The summed E-state index contributed by atoms with van der Waals surface area (Å²) in [4.78, 5) is 32.2. The zero-order chi connectivity index (χ0) is 23.9. The topological polar surface area (TPSA) is 118 Å². The largest absolute Gasteiger partial charge is 0.481 e. The van der Waals surface area contributed by atoms with E-state index in [1.165, 1.54) is 5.56 Å². The summed E-state index contributed by atoms with van der Waals surface area (Å²) in [5.41, 5.74) is 11.6. The van der Waals surface area contributed by atoms with Crippen molar-refractivity contribution in [3.05, 3.63) is 94.8 Å². The average molecular weight is 457 g/mol. The fourth-order valence-corrected chi connectivity index (χ4v) is 4.27. The molecule has 34 heavy (non-hydrogen) atoms. The van der Waals surface area contributed by atoms with Gasteiger partial charge in [-0.15, -0.1) is 0 Å². The molecule has 0 bridgehead atoms. The summed E-state index contributed by atoms with van der Waals surface area (Å²) in [6.07, 6.45) is 6.95. The highest BCUT2D eigenvalue weighted by Crippen LogP contribution is 2.29. The third kappa shape index (κ3) is 6.07. The normalized spacial score (nSPS) is 15.4. The first-order chi connectivity index (χ1) is 16.5. The SMILES string of the molecule is NC(=NCCc1ccncc1)c1ccc(C(=O)Nc2ccc3c(c2)CC(CC(=O)O)CC3)cc1. The van der Waals surface area contributed by atoms with Gasteiger partial charge in [-0.2, -0.15) is 0 Å². The zero-order valence-electron chi connectivity index (χ0n) is 18.9. The maximum atomic E-state index is 12.7. The number of carboxylic acids is 1. The van der Waals surface area contributed by atoms with Crippen molar-refractivity contribution in [1.82, 2.24) is 4.98 Å². The molecule has 0 radical (unpaired) electrons. The van der Waals surface area contributed by atoms with Crippen LogP contribution in [0, 0.1) is 5.92 Å². The number of aliphatic carboxylic acids is 1. The molecule has 1 unspecified atom stereocenters. The Kier molecular flexibility index (Phi) is 7.32. The molecule has 2 aromatic carbocycles. The van der Waals surface area contributed by atoms with Gasteiger partial charge in [-0.1, -0.05) is 18.2 Å². The number of benzene rings is 2. The molecule has 0 spiro atoms. The molecule has 1 atom stereocenters. The predicted octanol–water partition coefficient (Wildman–Crippen LogP) is 3.86. The first kappa shape index (κ1) is 23.2. The van der Waals surface area contributed by atoms with Gasteiger partial charge in [-0.25, -0.2) is 0 Å². The number of amidine groups is 1. The third-order valence-electron chi connectivity index (χ3n) is 6.13. The van der Waals surface area contributed by atoms with E-state index < -0.39 is 5.97 Å². The molecule has 1 aliphatic rings. The van der Waals surface area contributed by atoms with Crippen molar-refractivity contribution in [2.24, 2.45) is 16.6 Å². The number of carbonyl (C=O) groups is 2. The standard InChI is InChI=1S/C27H28N4O3/c28-26(30-14-11-18-9-12-29-13-10-18)21-3-5-22(6-4-21)27(34)31-24-8-7-20-2-1-19(16-25(32)33)15-23(20)17-24/h3-10,12-13,17,19H,1-2,11,14-16H2,(H2,28,30)(H,31,34)(H,32,33). The minimum Gasteiger partial charge on any atom is -0.481 e. The molecule has 4 N–H and O–H groups in total. The molecule has 4 rings (SSSR count). The summed E-state index contributed by atoms with van der Waals surface area (Å²) < 4.78 is 0. The van der Waals surface area contributed by atoms with Gasteiger partial charge in [0.1, 0.15) is 5.84 Å². The molecule has 1 aliphatic carbocycles. The Labute approximate surface area is 198 Å². The monoisotopic (exact) mass is 456 g/mol. The van der Waals surface area contributed by atoms with E-state index in [9.17, 15) is 9.59 Å². The first-order valence-corrected chi connectivity index (χ1v) is 11.4. The molecule has 7 heteroatoms. The summed E-state index contributed by atoms with van der Waals surface area (Å²) in [6.45, 7) is 0.573. The van der Waals surface area contributed by atoms with Crippen LogP contribution in [0.25, 0.3) is 0 Å². The van der Waals surface area contributed by atoms with E-state index in [0.717, 1.165) is 42.4 Å². The number of pyridine rings is 1. The second kappa shape index (κ2) is 10.7. The second-order valence-corrected chi connectivity index (χ2v) is 8.59. The Morgan fingerprint density at radius 1 is 1.03 bits per heavy atom. The summed E-state index contributed by atoms with van der Waals surface area (Å²) in [5, 5.41) is 12.0. The Hall–Kier alpha value is -4.00.